The van der Waals surface area contributed by atoms with Crippen LogP contribution in [-0.2, 0) is 38.1 Å². The third-order valence-electron chi connectivity index (χ3n) is 17.3. The van der Waals surface area contributed by atoms with Gasteiger partial charge in [-0.2, -0.15) is 0 Å². The number of aliphatic hydroxyl groups is 5. The van der Waals surface area contributed by atoms with Crippen LogP contribution >= 0.6 is 0 Å². The van der Waals surface area contributed by atoms with E-state index in [4.69, 9.17) is 18.9 Å². The molecule has 16 heteroatoms. The molecule has 0 aromatic heterocycles. The summed E-state index contributed by atoms with van der Waals surface area (Å²) in [7, 11) is 0. The molecular formula is C42H62O16. The summed E-state index contributed by atoms with van der Waals surface area (Å²) in [5.74, 6) is -6.45. The first-order valence-electron chi connectivity index (χ1n) is 20.7. The number of rotatable bonds is 7. The third-order valence-corrected chi connectivity index (χ3v) is 17.3. The zero-order valence-electron chi connectivity index (χ0n) is 34.4. The van der Waals surface area contributed by atoms with E-state index in [9.17, 15) is 60.0 Å². The highest BCUT2D eigenvalue weighted by atomic mass is 16.8. The fourth-order valence-corrected chi connectivity index (χ4v) is 13.4. The number of aliphatic hydroxyl groups excluding tert-OH is 5. The number of carbonyl (C=O) groups excluding carboxylic acids is 1. The highest BCUT2D eigenvalue weighted by Gasteiger charge is 2.71. The van der Waals surface area contributed by atoms with Crippen LogP contribution in [0.15, 0.2) is 11.6 Å². The van der Waals surface area contributed by atoms with Crippen molar-refractivity contribution in [3.8, 4) is 0 Å². The van der Waals surface area contributed by atoms with Gasteiger partial charge in [-0.15, -0.1) is 0 Å². The van der Waals surface area contributed by atoms with Crippen LogP contribution in [0.1, 0.15) is 106 Å². The molecule has 0 radical (unpaired) electrons. The summed E-state index contributed by atoms with van der Waals surface area (Å²) in [6.45, 7) is 14.8. The maximum Gasteiger partial charge on any atom is 0.335 e. The van der Waals surface area contributed by atoms with Gasteiger partial charge < -0.3 is 59.8 Å². The van der Waals surface area contributed by atoms with Gasteiger partial charge >= 0.3 is 17.9 Å². The summed E-state index contributed by atoms with van der Waals surface area (Å²) < 4.78 is 23.3. The minimum Gasteiger partial charge on any atom is -0.481 e. The molecule has 19 atom stereocenters. The second-order valence-electron chi connectivity index (χ2n) is 20.6. The average molecular weight is 823 g/mol. The van der Waals surface area contributed by atoms with Crippen LogP contribution in [0.3, 0.4) is 0 Å². The quantitative estimate of drug-likeness (QED) is 0.171. The summed E-state index contributed by atoms with van der Waals surface area (Å²) in [4.78, 5) is 51.7. The maximum absolute atomic E-state index is 14.8. The number of hydrogen-bond acceptors (Lipinski definition) is 13. The predicted octanol–water partition coefficient (Wildman–Crippen LogP) is 2.45. The second kappa shape index (κ2) is 14.3. The molecule has 0 aromatic carbocycles. The minimum atomic E-state index is -2.08. The fraction of sp³-hybridized carbons (Fsp3) is 0.857. The molecule has 8 N–H and O–H groups in total. The van der Waals surface area contributed by atoms with Crippen molar-refractivity contribution in [2.45, 2.75) is 168 Å². The van der Waals surface area contributed by atoms with Crippen molar-refractivity contribution in [1.82, 2.24) is 0 Å². The molecule has 0 spiro atoms. The molecule has 2 aliphatic heterocycles. The molecule has 2 saturated heterocycles. The molecule has 0 unspecified atom stereocenters. The lowest BCUT2D eigenvalue weighted by atomic mass is 9.33. The van der Waals surface area contributed by atoms with E-state index in [2.05, 4.69) is 27.7 Å². The molecule has 5 aliphatic carbocycles. The topological polar surface area (TPSA) is 267 Å². The molecular weight excluding hydrogens is 760 g/mol. The van der Waals surface area contributed by atoms with Crippen molar-refractivity contribution < 1.29 is 79.0 Å². The molecule has 58 heavy (non-hydrogen) atoms. The molecule has 0 aromatic rings. The Morgan fingerprint density at radius 1 is 0.724 bits per heavy atom. The van der Waals surface area contributed by atoms with E-state index >= 15 is 0 Å². The third kappa shape index (κ3) is 6.25. The van der Waals surface area contributed by atoms with E-state index in [1.54, 1.807) is 0 Å². The van der Waals surface area contributed by atoms with Gasteiger partial charge in [0, 0.05) is 5.92 Å². The Morgan fingerprint density at radius 3 is 2.00 bits per heavy atom. The lowest BCUT2D eigenvalue weighted by Crippen LogP contribution is -2.68. The lowest BCUT2D eigenvalue weighted by molar-refractivity contribution is -0.381. The van der Waals surface area contributed by atoms with Crippen LogP contribution in [0.4, 0.5) is 0 Å². The van der Waals surface area contributed by atoms with Gasteiger partial charge in [0.05, 0.1) is 11.5 Å². The molecule has 4 saturated carbocycles. The van der Waals surface area contributed by atoms with Crippen LogP contribution in [0.25, 0.3) is 0 Å². The molecule has 0 amide bonds. The van der Waals surface area contributed by atoms with Crippen molar-refractivity contribution in [1.29, 1.82) is 0 Å². The summed E-state index contributed by atoms with van der Waals surface area (Å²) in [5.41, 5.74) is -1.83. The summed E-state index contributed by atoms with van der Waals surface area (Å²) in [6, 6.07) is 0. The fourth-order valence-electron chi connectivity index (χ4n) is 13.4. The zero-order valence-corrected chi connectivity index (χ0v) is 34.4. The van der Waals surface area contributed by atoms with Crippen LogP contribution in [-0.4, -0.2) is 126 Å². The smallest absolute Gasteiger partial charge is 0.335 e. The molecule has 7 aliphatic rings. The maximum atomic E-state index is 14.8. The van der Waals surface area contributed by atoms with Crippen LogP contribution in [0.2, 0.25) is 0 Å². The Labute approximate surface area is 337 Å². The molecule has 16 nitrogen and oxygen atoms in total. The highest BCUT2D eigenvalue weighted by molar-refractivity contribution is 5.95. The van der Waals surface area contributed by atoms with E-state index in [1.807, 2.05) is 26.8 Å². The molecule has 7 rings (SSSR count). The van der Waals surface area contributed by atoms with Gasteiger partial charge in [-0.3, -0.25) is 14.4 Å². The van der Waals surface area contributed by atoms with Crippen LogP contribution < -0.4 is 0 Å². The lowest BCUT2D eigenvalue weighted by Gasteiger charge is -2.70. The van der Waals surface area contributed by atoms with Crippen LogP contribution in [0.5, 0.6) is 0 Å². The molecule has 2 heterocycles. The van der Waals surface area contributed by atoms with Crippen molar-refractivity contribution in [2.75, 3.05) is 0 Å². The second-order valence-corrected chi connectivity index (χ2v) is 20.6. The van der Waals surface area contributed by atoms with Gasteiger partial charge in [-0.05, 0) is 110 Å². The number of carboxylic acids is 3. The number of carboxylic acid groups (broad SMARTS) is 3. The Morgan fingerprint density at radius 2 is 1.38 bits per heavy atom. The highest BCUT2D eigenvalue weighted by Crippen LogP contribution is 2.75. The SMILES string of the molecule is CC1(C)[C@@H](O[C@@H]2O[C@@H](C(=O)O)[C@H](O)[C@@H](O)[C@@H]2O[C@@H]2O[C@@H](O)[C@H](O)[C@@H](O)[C@@H]2C(=O)O)CC[C@@]2(C)[C@@H]1CC[C@]1(C)[C@H]2C(=O)C=C2[C@@H]3C[C@@](C)(C(=O)O)CC[C@]3(C)CC[C@]21C. The van der Waals surface area contributed by atoms with E-state index in [0.29, 0.717) is 25.7 Å². The van der Waals surface area contributed by atoms with Crippen molar-refractivity contribution in [3.05, 3.63) is 11.6 Å². The number of ether oxygens (including phenoxy) is 4. The number of ketones is 1. The summed E-state index contributed by atoms with van der Waals surface area (Å²) >= 11 is 0. The Hall–Kier alpha value is -2.54. The van der Waals surface area contributed by atoms with E-state index in [1.165, 1.54) is 0 Å². The normalized spacial score (nSPS) is 52.6. The Kier molecular flexibility index (Phi) is 10.7. The zero-order chi connectivity index (χ0) is 42.9. The van der Waals surface area contributed by atoms with Gasteiger partial charge in [0.25, 0.3) is 0 Å². The van der Waals surface area contributed by atoms with Gasteiger partial charge in [-0.1, -0.05) is 47.1 Å². The van der Waals surface area contributed by atoms with E-state index in [-0.39, 0.29) is 34.4 Å². The Balaban J connectivity index is 1.18. The monoisotopic (exact) mass is 822 g/mol. The minimum absolute atomic E-state index is 0.0236. The summed E-state index contributed by atoms with van der Waals surface area (Å²) in [5, 5.41) is 82.9. The largest absolute Gasteiger partial charge is 0.481 e. The average Bonchev–Trinajstić information content (AvgIpc) is 3.12. The van der Waals surface area contributed by atoms with Crippen molar-refractivity contribution in [2.24, 2.45) is 56.2 Å². The van der Waals surface area contributed by atoms with Gasteiger partial charge in [0.15, 0.2) is 30.8 Å². The number of aliphatic carboxylic acids is 3. The van der Waals surface area contributed by atoms with Gasteiger partial charge in [-0.25, -0.2) is 4.79 Å². The first-order valence-corrected chi connectivity index (χ1v) is 20.7. The molecule has 6 fully saturated rings. The standard InChI is InChI=1S/C42H62O16/c1-37(2)21-8-11-42(7)30(20(43)16-18-19-17-39(4,36(53)54)13-12-38(19,3)14-15-41(18,42)6)40(21,5)10-9-22(37)55-35-29(26(46)25(45)28(56-35)32(50)51)57-34-23(31(48)49)24(44)27(47)33(52)58-34/h16,19,21-30,33-35,44-47,52H,8-15,17H2,1-7H3,(H,48,49)(H,50,51)(H,53,54)/t19-,21+,22-,23+,24-,25+,26+,27+,28+,29-,30-,33+,34+,35+,38+,39-,40-,41+,42+/m0/s1. The van der Waals surface area contributed by atoms with E-state index < -0.39 is 107 Å². The number of fused-ring (bicyclic) bond motifs is 7. The molecule has 0 bridgehead atoms. The van der Waals surface area contributed by atoms with Gasteiger partial charge in [0.1, 0.15) is 36.4 Å². The first-order chi connectivity index (χ1) is 26.8. The predicted molar refractivity (Wildman–Crippen MR) is 199 cm³/mol. The van der Waals surface area contributed by atoms with Crippen molar-refractivity contribution in [3.63, 3.8) is 0 Å². The van der Waals surface area contributed by atoms with Crippen LogP contribution in [0, 0.1) is 56.2 Å². The summed E-state index contributed by atoms with van der Waals surface area (Å²) in [6.07, 6.45) is -10.4. The Bertz CT molecular complexity index is 1730. The number of hydrogen-bond donors (Lipinski definition) is 8. The number of carbonyl (C=O) groups is 4. The van der Waals surface area contributed by atoms with Crippen molar-refractivity contribution >= 4 is 23.7 Å². The first kappa shape index (κ1) is 43.5. The van der Waals surface area contributed by atoms with Gasteiger partial charge in [0.2, 0.25) is 0 Å². The van der Waals surface area contributed by atoms with E-state index in [0.717, 1.165) is 37.7 Å². The number of allylic oxidation sites excluding steroid dienone is 2. The molecule has 326 valence electrons.